The van der Waals surface area contributed by atoms with Gasteiger partial charge in [0, 0.05) is 5.39 Å². The van der Waals surface area contributed by atoms with Gasteiger partial charge in [0.2, 0.25) is 5.43 Å². The summed E-state index contributed by atoms with van der Waals surface area (Å²) in [6.07, 6.45) is 0. The first-order valence-corrected chi connectivity index (χ1v) is 4.18. The zero-order valence-electron chi connectivity index (χ0n) is 7.31. The van der Waals surface area contributed by atoms with Crippen LogP contribution in [0.4, 0.5) is 0 Å². The average Bonchev–Trinajstić information content (AvgIpc) is 2.18. The molecule has 0 aliphatic heterocycles. The molecule has 1 heterocycles. The van der Waals surface area contributed by atoms with Gasteiger partial charge in [0.05, 0.1) is 5.52 Å². The number of nitrogens with zero attached hydrogens (tertiary/aromatic N) is 1. The number of benzene rings is 1. The first kappa shape index (κ1) is 8.56. The minimum absolute atomic E-state index is 0.537. The van der Waals surface area contributed by atoms with Crippen molar-refractivity contribution in [2.24, 2.45) is 0 Å². The summed E-state index contributed by atoms with van der Waals surface area (Å²) < 4.78 is 0. The highest BCUT2D eigenvalue weighted by Crippen LogP contribution is 2.05. The van der Waals surface area contributed by atoms with Crippen molar-refractivity contribution in [2.45, 2.75) is 0 Å². The van der Waals surface area contributed by atoms with E-state index >= 15 is 0 Å². The number of hydrogen-bond acceptors (Lipinski definition) is 3. The molecule has 0 aliphatic rings. The molecule has 2 rings (SSSR count). The molecule has 0 saturated carbocycles. The van der Waals surface area contributed by atoms with Crippen LogP contribution in [0.2, 0.25) is 0 Å². The van der Waals surface area contributed by atoms with Crippen LogP contribution < -0.4 is 11.0 Å². The van der Waals surface area contributed by atoms with E-state index in [0.717, 1.165) is 5.39 Å². The maximum Gasteiger partial charge on any atom is 0.317 e. The van der Waals surface area contributed by atoms with Gasteiger partial charge in [-0.2, -0.15) is 0 Å². The van der Waals surface area contributed by atoms with Gasteiger partial charge < -0.3 is 0 Å². The summed E-state index contributed by atoms with van der Waals surface area (Å²) in [7, 11) is 0. The lowest BCUT2D eigenvalue weighted by molar-refractivity contribution is 1.27. The normalized spacial score (nSPS) is 10.0. The zero-order chi connectivity index (χ0) is 9.97. The van der Waals surface area contributed by atoms with Crippen LogP contribution in [-0.4, -0.2) is 4.98 Å². The molecular formula is C11H7NO2. The fourth-order valence-corrected chi connectivity index (χ4v) is 1.21. The molecule has 0 amide bonds. The van der Waals surface area contributed by atoms with E-state index in [1.54, 1.807) is 24.3 Å². The summed E-state index contributed by atoms with van der Waals surface area (Å²) in [5.41, 5.74) is -0.771. The molecule has 14 heavy (non-hydrogen) atoms. The van der Waals surface area contributed by atoms with Gasteiger partial charge in [-0.05, 0) is 12.1 Å². The molecule has 0 unspecified atom stereocenters. The highest BCUT2D eigenvalue weighted by molar-refractivity contribution is 5.77. The molecule has 0 atom stereocenters. The highest BCUT2D eigenvalue weighted by Gasteiger charge is 1.92. The molecule has 0 aliphatic carbocycles. The van der Waals surface area contributed by atoms with E-state index in [-0.39, 0.29) is 0 Å². The number of fused-ring (bicyclic) bond motifs is 1. The summed E-state index contributed by atoms with van der Waals surface area (Å²) in [4.78, 5) is 25.9. The zero-order valence-corrected chi connectivity index (χ0v) is 7.31. The minimum Gasteiger partial charge on any atom is -0.284 e. The Labute approximate surface area is 79.7 Å². The fraction of sp³-hybridized carbons (Fsp3) is 0. The molecule has 0 saturated heterocycles. The molecule has 1 aromatic carbocycles. The standard InChI is InChI=1S/C11H7NO2/c13-10-7-3-5-8-4-1-2-6-9(8)12-11(10)14/h1-7H. The highest BCUT2D eigenvalue weighted by atomic mass is 16.2. The van der Waals surface area contributed by atoms with E-state index in [4.69, 9.17) is 0 Å². The Morgan fingerprint density at radius 3 is 2.43 bits per heavy atom. The van der Waals surface area contributed by atoms with Crippen molar-refractivity contribution in [1.29, 1.82) is 0 Å². The summed E-state index contributed by atoms with van der Waals surface area (Å²) in [5, 5.41) is 0.838. The van der Waals surface area contributed by atoms with E-state index < -0.39 is 11.0 Å². The smallest absolute Gasteiger partial charge is 0.284 e. The van der Waals surface area contributed by atoms with Crippen molar-refractivity contribution in [3.63, 3.8) is 0 Å². The second kappa shape index (κ2) is 3.38. The van der Waals surface area contributed by atoms with Crippen LogP contribution in [0.25, 0.3) is 10.9 Å². The number of rotatable bonds is 0. The molecule has 2 aromatic rings. The van der Waals surface area contributed by atoms with Crippen LogP contribution in [-0.2, 0) is 0 Å². The van der Waals surface area contributed by atoms with Gasteiger partial charge in [0.25, 0.3) is 0 Å². The van der Waals surface area contributed by atoms with Crippen molar-refractivity contribution in [1.82, 2.24) is 4.98 Å². The molecule has 0 radical (unpaired) electrons. The lowest BCUT2D eigenvalue weighted by Crippen LogP contribution is -2.23. The van der Waals surface area contributed by atoms with Gasteiger partial charge in [0.1, 0.15) is 0 Å². The van der Waals surface area contributed by atoms with Crippen LogP contribution in [0.5, 0.6) is 0 Å². The molecule has 0 N–H and O–H groups in total. The number of aromatic nitrogens is 1. The predicted molar refractivity (Wildman–Crippen MR) is 54.3 cm³/mol. The van der Waals surface area contributed by atoms with Crippen molar-refractivity contribution in [3.8, 4) is 0 Å². The topological polar surface area (TPSA) is 47.0 Å². The van der Waals surface area contributed by atoms with Gasteiger partial charge in [-0.15, -0.1) is 0 Å². The van der Waals surface area contributed by atoms with Gasteiger partial charge in [-0.1, -0.05) is 30.3 Å². The average molecular weight is 185 g/mol. The molecule has 68 valence electrons. The third-order valence-electron chi connectivity index (χ3n) is 1.89. The Kier molecular flexibility index (Phi) is 2.07. The third kappa shape index (κ3) is 1.52. The maximum atomic E-state index is 11.1. The van der Waals surface area contributed by atoms with Gasteiger partial charge in [-0.25, -0.2) is 4.98 Å². The Morgan fingerprint density at radius 1 is 0.857 bits per heavy atom. The van der Waals surface area contributed by atoms with Gasteiger partial charge in [0.15, 0.2) is 0 Å². The summed E-state index contributed by atoms with van der Waals surface area (Å²) in [5.74, 6) is 0. The van der Waals surface area contributed by atoms with Gasteiger partial charge >= 0.3 is 5.56 Å². The van der Waals surface area contributed by atoms with Crippen LogP contribution in [0, 0.1) is 0 Å². The summed E-state index contributed by atoms with van der Waals surface area (Å²) in [6, 6.07) is 11.7. The van der Waals surface area contributed by atoms with E-state index in [0.29, 0.717) is 5.52 Å². The number of para-hydroxylation sites is 1. The predicted octanol–water partition coefficient (Wildman–Crippen LogP) is 0.955. The lowest BCUT2D eigenvalue weighted by Gasteiger charge is -1.89. The van der Waals surface area contributed by atoms with Crippen LogP contribution in [0.3, 0.4) is 0 Å². The SMILES string of the molecule is O=c1cccc2ccccc2nc1=O. The molecule has 1 aromatic heterocycles. The Hall–Kier alpha value is -2.03. The molecular weight excluding hydrogens is 178 g/mol. The summed E-state index contributed by atoms with van der Waals surface area (Å²) >= 11 is 0. The molecule has 0 fully saturated rings. The first-order chi connectivity index (χ1) is 6.77. The quantitative estimate of drug-likeness (QED) is 0.574. The van der Waals surface area contributed by atoms with E-state index in [2.05, 4.69) is 4.98 Å². The molecule has 0 bridgehead atoms. The van der Waals surface area contributed by atoms with E-state index in [1.165, 1.54) is 6.07 Å². The summed E-state index contributed by atoms with van der Waals surface area (Å²) in [6.45, 7) is 0. The Balaban J connectivity index is 3.00. The van der Waals surface area contributed by atoms with Crippen molar-refractivity contribution in [2.75, 3.05) is 0 Å². The van der Waals surface area contributed by atoms with Crippen molar-refractivity contribution < 1.29 is 0 Å². The van der Waals surface area contributed by atoms with Crippen LogP contribution >= 0.6 is 0 Å². The number of hydrogen-bond donors (Lipinski definition) is 0. The first-order valence-electron chi connectivity index (χ1n) is 4.18. The van der Waals surface area contributed by atoms with Crippen molar-refractivity contribution in [3.05, 3.63) is 63.0 Å². The monoisotopic (exact) mass is 185 g/mol. The molecule has 3 nitrogen and oxygen atoms in total. The second-order valence-electron chi connectivity index (χ2n) is 2.87. The van der Waals surface area contributed by atoms with E-state index in [9.17, 15) is 9.59 Å². The largest absolute Gasteiger partial charge is 0.317 e. The third-order valence-corrected chi connectivity index (χ3v) is 1.89. The van der Waals surface area contributed by atoms with E-state index in [1.807, 2.05) is 12.1 Å². The van der Waals surface area contributed by atoms with Gasteiger partial charge in [-0.3, -0.25) is 9.59 Å². The Bertz CT molecular complexity index is 593. The van der Waals surface area contributed by atoms with Crippen LogP contribution in [0.15, 0.2) is 52.1 Å². The van der Waals surface area contributed by atoms with Crippen LogP contribution in [0.1, 0.15) is 0 Å². The molecule has 0 spiro atoms. The Morgan fingerprint density at radius 2 is 1.57 bits per heavy atom. The second-order valence-corrected chi connectivity index (χ2v) is 2.87. The minimum atomic E-state index is -0.721. The molecule has 3 heteroatoms. The maximum absolute atomic E-state index is 11.1. The fourth-order valence-electron chi connectivity index (χ4n) is 1.21. The lowest BCUT2D eigenvalue weighted by atomic mass is 10.2. The van der Waals surface area contributed by atoms with Crippen molar-refractivity contribution >= 4 is 10.9 Å².